The Morgan fingerprint density at radius 3 is 3.20 bits per heavy atom. The van der Waals surface area contributed by atoms with Gasteiger partial charge in [-0.3, -0.25) is 4.90 Å². The second kappa shape index (κ2) is 8.22. The molecule has 0 aromatic carbocycles. The van der Waals surface area contributed by atoms with Crippen molar-refractivity contribution in [3.8, 4) is 0 Å². The number of anilines is 1. The number of aromatic nitrogens is 1. The molecular formula is C16H27N3O. The van der Waals surface area contributed by atoms with Gasteiger partial charge in [0, 0.05) is 32.4 Å². The number of hydrogen-bond acceptors (Lipinski definition) is 4. The summed E-state index contributed by atoms with van der Waals surface area (Å²) in [5.41, 5.74) is 1.32. The van der Waals surface area contributed by atoms with Crippen LogP contribution in [0.15, 0.2) is 18.3 Å². The highest BCUT2D eigenvalue weighted by Gasteiger charge is 2.19. The molecule has 1 saturated heterocycles. The molecule has 0 amide bonds. The van der Waals surface area contributed by atoms with Gasteiger partial charge in [-0.1, -0.05) is 6.92 Å². The van der Waals surface area contributed by atoms with Crippen LogP contribution in [0.1, 0.15) is 38.2 Å². The van der Waals surface area contributed by atoms with Crippen molar-refractivity contribution in [3.05, 3.63) is 23.9 Å². The maximum atomic E-state index is 9.08. The van der Waals surface area contributed by atoms with E-state index in [4.69, 9.17) is 5.11 Å². The summed E-state index contributed by atoms with van der Waals surface area (Å²) in [6.45, 7) is 6.72. The van der Waals surface area contributed by atoms with Gasteiger partial charge >= 0.3 is 0 Å². The zero-order valence-electron chi connectivity index (χ0n) is 12.5. The smallest absolute Gasteiger partial charge is 0.126 e. The van der Waals surface area contributed by atoms with Crippen molar-refractivity contribution in [1.82, 2.24) is 9.88 Å². The minimum absolute atomic E-state index is 0.318. The molecule has 20 heavy (non-hydrogen) atoms. The van der Waals surface area contributed by atoms with Gasteiger partial charge in [0.1, 0.15) is 5.82 Å². The second-order valence-electron chi connectivity index (χ2n) is 5.73. The van der Waals surface area contributed by atoms with Crippen LogP contribution in [0.4, 0.5) is 5.82 Å². The largest absolute Gasteiger partial charge is 0.396 e. The van der Waals surface area contributed by atoms with Gasteiger partial charge in [-0.15, -0.1) is 0 Å². The lowest BCUT2D eigenvalue weighted by Gasteiger charge is -2.32. The number of aliphatic hydroxyl groups is 1. The van der Waals surface area contributed by atoms with E-state index in [1.54, 1.807) is 0 Å². The van der Waals surface area contributed by atoms with Gasteiger partial charge in [-0.2, -0.15) is 0 Å². The average Bonchev–Trinajstić information content (AvgIpc) is 2.46. The molecule has 4 heteroatoms. The molecule has 1 aliphatic rings. The Hall–Kier alpha value is -1.13. The van der Waals surface area contributed by atoms with Crippen LogP contribution in [0.3, 0.4) is 0 Å². The Morgan fingerprint density at radius 2 is 2.40 bits per heavy atom. The van der Waals surface area contributed by atoms with Crippen LogP contribution >= 0.6 is 0 Å². The van der Waals surface area contributed by atoms with E-state index in [0.717, 1.165) is 38.3 Å². The van der Waals surface area contributed by atoms with E-state index in [1.165, 1.54) is 24.9 Å². The summed E-state index contributed by atoms with van der Waals surface area (Å²) in [6.07, 6.45) is 6.45. The zero-order valence-corrected chi connectivity index (χ0v) is 12.5. The zero-order chi connectivity index (χ0) is 14.2. The number of nitrogens with zero attached hydrogens (tertiary/aromatic N) is 2. The third kappa shape index (κ3) is 4.76. The lowest BCUT2D eigenvalue weighted by molar-refractivity contribution is 0.142. The van der Waals surface area contributed by atoms with Crippen LogP contribution in [0, 0.1) is 5.92 Å². The summed E-state index contributed by atoms with van der Waals surface area (Å²) in [6, 6.07) is 4.26. The van der Waals surface area contributed by atoms with Crippen LogP contribution in [0.25, 0.3) is 0 Å². The number of likely N-dealkylation sites (tertiary alicyclic amines) is 1. The van der Waals surface area contributed by atoms with Crippen LogP contribution < -0.4 is 5.32 Å². The molecule has 1 aromatic rings. The SMILES string of the molecule is CCCNc1cc(CN2CCCC(CCO)C2)ccn1. The van der Waals surface area contributed by atoms with E-state index in [2.05, 4.69) is 34.3 Å². The summed E-state index contributed by atoms with van der Waals surface area (Å²) in [5.74, 6) is 1.64. The summed E-state index contributed by atoms with van der Waals surface area (Å²) in [5, 5.41) is 12.4. The minimum Gasteiger partial charge on any atom is -0.396 e. The molecule has 0 saturated carbocycles. The van der Waals surface area contributed by atoms with Crippen LogP contribution in [-0.4, -0.2) is 41.2 Å². The molecule has 0 aliphatic carbocycles. The Bertz CT molecular complexity index is 395. The van der Waals surface area contributed by atoms with Crippen molar-refractivity contribution in [1.29, 1.82) is 0 Å². The van der Waals surface area contributed by atoms with Gasteiger partial charge in [0.2, 0.25) is 0 Å². The molecular weight excluding hydrogens is 250 g/mol. The van der Waals surface area contributed by atoms with E-state index >= 15 is 0 Å². The number of pyridine rings is 1. The molecule has 0 radical (unpaired) electrons. The first kappa shape index (κ1) is 15.3. The Balaban J connectivity index is 1.88. The van der Waals surface area contributed by atoms with Gasteiger partial charge in [-0.25, -0.2) is 4.98 Å². The second-order valence-corrected chi connectivity index (χ2v) is 5.73. The van der Waals surface area contributed by atoms with E-state index in [-0.39, 0.29) is 0 Å². The fraction of sp³-hybridized carbons (Fsp3) is 0.688. The van der Waals surface area contributed by atoms with Crippen LogP contribution in [0.2, 0.25) is 0 Å². The van der Waals surface area contributed by atoms with Crippen molar-refractivity contribution < 1.29 is 5.11 Å². The monoisotopic (exact) mass is 277 g/mol. The normalized spacial score (nSPS) is 20.0. The quantitative estimate of drug-likeness (QED) is 0.804. The van der Waals surface area contributed by atoms with Crippen molar-refractivity contribution in [2.24, 2.45) is 5.92 Å². The molecule has 112 valence electrons. The van der Waals surface area contributed by atoms with Gasteiger partial charge in [0.05, 0.1) is 0 Å². The summed E-state index contributed by atoms with van der Waals surface area (Å²) < 4.78 is 0. The summed E-state index contributed by atoms with van der Waals surface area (Å²) in [4.78, 5) is 6.85. The third-order valence-electron chi connectivity index (χ3n) is 3.93. The first-order valence-electron chi connectivity index (χ1n) is 7.84. The highest BCUT2D eigenvalue weighted by molar-refractivity contribution is 5.37. The van der Waals surface area contributed by atoms with Gasteiger partial charge in [0.25, 0.3) is 0 Å². The first-order valence-corrected chi connectivity index (χ1v) is 7.84. The number of piperidine rings is 1. The van der Waals surface area contributed by atoms with Gasteiger partial charge < -0.3 is 10.4 Å². The Labute approximate surface area is 122 Å². The standard InChI is InChI=1S/C16H27N3O/c1-2-7-17-16-11-15(5-8-18-16)13-19-9-3-4-14(12-19)6-10-20/h5,8,11,14,20H,2-4,6-7,9-10,12-13H2,1H3,(H,17,18). The fourth-order valence-corrected chi connectivity index (χ4v) is 2.89. The molecule has 0 spiro atoms. The van der Waals surface area contributed by atoms with E-state index < -0.39 is 0 Å². The van der Waals surface area contributed by atoms with Crippen LogP contribution in [-0.2, 0) is 6.54 Å². The predicted octanol–water partition coefficient (Wildman–Crippen LogP) is 2.50. The maximum absolute atomic E-state index is 9.08. The number of nitrogens with one attached hydrogen (secondary N) is 1. The summed E-state index contributed by atoms with van der Waals surface area (Å²) in [7, 11) is 0. The number of aliphatic hydroxyl groups excluding tert-OH is 1. The molecule has 4 nitrogen and oxygen atoms in total. The van der Waals surface area contributed by atoms with Crippen molar-refractivity contribution in [2.75, 3.05) is 31.6 Å². The minimum atomic E-state index is 0.318. The van der Waals surface area contributed by atoms with Crippen molar-refractivity contribution in [3.63, 3.8) is 0 Å². The molecule has 1 fully saturated rings. The molecule has 1 aromatic heterocycles. The topological polar surface area (TPSA) is 48.4 Å². The first-order chi connectivity index (χ1) is 9.81. The molecule has 1 atom stereocenters. The van der Waals surface area contributed by atoms with Gasteiger partial charge in [0.15, 0.2) is 0 Å². The van der Waals surface area contributed by atoms with Crippen LogP contribution in [0.5, 0.6) is 0 Å². The number of rotatable bonds is 7. The lowest BCUT2D eigenvalue weighted by atomic mass is 9.95. The van der Waals surface area contributed by atoms with Crippen molar-refractivity contribution >= 4 is 5.82 Å². The summed E-state index contributed by atoms with van der Waals surface area (Å²) >= 11 is 0. The predicted molar refractivity (Wildman–Crippen MR) is 82.7 cm³/mol. The van der Waals surface area contributed by atoms with Crippen molar-refractivity contribution in [2.45, 2.75) is 39.2 Å². The molecule has 2 rings (SSSR count). The highest BCUT2D eigenvalue weighted by Crippen LogP contribution is 2.21. The Kier molecular flexibility index (Phi) is 6.27. The highest BCUT2D eigenvalue weighted by atomic mass is 16.3. The molecule has 1 unspecified atom stereocenters. The number of hydrogen-bond donors (Lipinski definition) is 2. The van der Waals surface area contributed by atoms with Gasteiger partial charge in [-0.05, 0) is 55.8 Å². The molecule has 2 heterocycles. The van der Waals surface area contributed by atoms with E-state index in [9.17, 15) is 0 Å². The third-order valence-corrected chi connectivity index (χ3v) is 3.93. The maximum Gasteiger partial charge on any atom is 0.126 e. The molecule has 0 bridgehead atoms. The average molecular weight is 277 g/mol. The lowest BCUT2D eigenvalue weighted by Crippen LogP contribution is -2.35. The van der Waals surface area contributed by atoms with E-state index in [0.29, 0.717) is 12.5 Å². The molecule has 1 aliphatic heterocycles. The Morgan fingerprint density at radius 1 is 1.50 bits per heavy atom. The fourth-order valence-electron chi connectivity index (χ4n) is 2.89. The molecule has 2 N–H and O–H groups in total. The van der Waals surface area contributed by atoms with E-state index in [1.807, 2.05) is 6.20 Å².